The number of aromatic nitrogens is 2. The maximum atomic E-state index is 6.20. The van der Waals surface area contributed by atoms with Gasteiger partial charge in [-0.2, -0.15) is 4.98 Å². The molecule has 0 amide bonds. The summed E-state index contributed by atoms with van der Waals surface area (Å²) in [5.41, 5.74) is 1.90. The van der Waals surface area contributed by atoms with Crippen LogP contribution in [0, 0.1) is 0 Å². The van der Waals surface area contributed by atoms with Gasteiger partial charge in [-0.05, 0) is 54.4 Å². The van der Waals surface area contributed by atoms with Crippen LogP contribution in [0.5, 0.6) is 5.75 Å². The summed E-state index contributed by atoms with van der Waals surface area (Å²) < 4.78 is 16.8. The maximum Gasteiger partial charge on any atom is 0.293 e. The zero-order valence-corrected chi connectivity index (χ0v) is 16.5. The molecule has 0 bridgehead atoms. The van der Waals surface area contributed by atoms with Crippen molar-refractivity contribution in [2.24, 2.45) is 0 Å². The molecule has 0 spiro atoms. The topological polar surface area (TPSA) is 61.3 Å². The summed E-state index contributed by atoms with van der Waals surface area (Å²) in [7, 11) is 0. The molecule has 0 radical (unpaired) electrons. The van der Waals surface area contributed by atoms with E-state index in [2.05, 4.69) is 17.1 Å². The summed E-state index contributed by atoms with van der Waals surface area (Å²) >= 11 is 12.1. The lowest BCUT2D eigenvalue weighted by molar-refractivity contribution is 0.270. The average Bonchev–Trinajstić information content (AvgIpc) is 3.36. The predicted molar refractivity (Wildman–Crippen MR) is 108 cm³/mol. The molecule has 0 aliphatic rings. The molecule has 4 aromatic rings. The summed E-state index contributed by atoms with van der Waals surface area (Å²) in [5, 5.41) is 4.95. The van der Waals surface area contributed by atoms with Crippen LogP contribution in [0.2, 0.25) is 10.0 Å². The Labute approximate surface area is 171 Å². The van der Waals surface area contributed by atoms with Crippen LogP contribution in [0.4, 0.5) is 0 Å². The van der Waals surface area contributed by atoms with Crippen LogP contribution >= 0.6 is 23.2 Å². The highest BCUT2D eigenvalue weighted by Crippen LogP contribution is 2.30. The maximum absolute atomic E-state index is 6.20. The Kier molecular flexibility index (Phi) is 5.37. The molecular formula is C21H16Cl2N2O3. The van der Waals surface area contributed by atoms with Gasteiger partial charge in [-0.15, -0.1) is 0 Å². The van der Waals surface area contributed by atoms with E-state index >= 15 is 0 Å². The van der Waals surface area contributed by atoms with Gasteiger partial charge in [0, 0.05) is 10.6 Å². The summed E-state index contributed by atoms with van der Waals surface area (Å²) in [6.07, 6.45) is 0.995. The van der Waals surface area contributed by atoms with Crippen LogP contribution in [-0.4, -0.2) is 10.1 Å². The first-order valence-electron chi connectivity index (χ1n) is 8.72. The number of hydrogen-bond donors (Lipinski definition) is 0. The zero-order chi connectivity index (χ0) is 19.5. The van der Waals surface area contributed by atoms with E-state index in [4.69, 9.17) is 36.9 Å². The lowest BCUT2D eigenvalue weighted by Gasteiger charge is -2.04. The van der Waals surface area contributed by atoms with Crippen molar-refractivity contribution in [1.29, 1.82) is 0 Å². The monoisotopic (exact) mass is 414 g/mol. The molecule has 0 aliphatic carbocycles. The fourth-order valence-electron chi connectivity index (χ4n) is 2.65. The summed E-state index contributed by atoms with van der Waals surface area (Å²) in [5.74, 6) is 2.52. The molecule has 28 heavy (non-hydrogen) atoms. The Morgan fingerprint density at radius 3 is 2.57 bits per heavy atom. The Bertz CT molecular complexity index is 1090. The first-order chi connectivity index (χ1) is 13.6. The zero-order valence-electron chi connectivity index (χ0n) is 15.0. The highest BCUT2D eigenvalue weighted by molar-refractivity contribution is 6.36. The lowest BCUT2D eigenvalue weighted by Crippen LogP contribution is -1.93. The second-order valence-electron chi connectivity index (χ2n) is 6.10. The van der Waals surface area contributed by atoms with Crippen molar-refractivity contribution < 1.29 is 13.7 Å². The van der Waals surface area contributed by atoms with E-state index in [-0.39, 0.29) is 5.89 Å². The third kappa shape index (κ3) is 4.06. The molecule has 2 aromatic carbocycles. The molecular weight excluding hydrogens is 399 g/mol. The Morgan fingerprint density at radius 1 is 1.00 bits per heavy atom. The molecule has 5 nitrogen and oxygen atoms in total. The summed E-state index contributed by atoms with van der Waals surface area (Å²) in [6.45, 7) is 2.42. The Hall–Kier alpha value is -2.76. The van der Waals surface area contributed by atoms with Crippen LogP contribution in [0.1, 0.15) is 18.2 Å². The minimum Gasteiger partial charge on any atom is -0.486 e. The van der Waals surface area contributed by atoms with Gasteiger partial charge in [-0.1, -0.05) is 47.4 Å². The first kappa shape index (κ1) is 18.6. The highest BCUT2D eigenvalue weighted by Gasteiger charge is 2.16. The molecule has 0 aliphatic heterocycles. The van der Waals surface area contributed by atoms with E-state index in [1.165, 1.54) is 5.56 Å². The number of hydrogen-bond acceptors (Lipinski definition) is 5. The number of nitrogens with zero attached hydrogens (tertiary/aromatic N) is 2. The molecule has 2 heterocycles. The molecule has 142 valence electrons. The quantitative estimate of drug-likeness (QED) is 0.362. The number of benzene rings is 2. The van der Waals surface area contributed by atoms with Crippen LogP contribution in [0.3, 0.4) is 0 Å². The van der Waals surface area contributed by atoms with E-state index in [1.807, 2.05) is 30.3 Å². The highest BCUT2D eigenvalue weighted by atomic mass is 35.5. The van der Waals surface area contributed by atoms with E-state index in [1.54, 1.807) is 24.3 Å². The fourth-order valence-corrected chi connectivity index (χ4v) is 3.14. The smallest absolute Gasteiger partial charge is 0.293 e. The van der Waals surface area contributed by atoms with Crippen molar-refractivity contribution >= 4 is 23.2 Å². The van der Waals surface area contributed by atoms with Gasteiger partial charge in [-0.25, -0.2) is 0 Å². The fraction of sp³-hybridized carbons (Fsp3) is 0.143. The number of aryl methyl sites for hydroxylation is 1. The van der Waals surface area contributed by atoms with Gasteiger partial charge in [0.25, 0.3) is 5.89 Å². The largest absolute Gasteiger partial charge is 0.486 e. The van der Waals surface area contributed by atoms with Crippen molar-refractivity contribution in [3.63, 3.8) is 0 Å². The number of halogens is 2. The molecule has 0 unspecified atom stereocenters. The molecule has 7 heteroatoms. The molecule has 0 N–H and O–H groups in total. The van der Waals surface area contributed by atoms with E-state index in [0.29, 0.717) is 39.6 Å². The summed E-state index contributed by atoms with van der Waals surface area (Å²) in [6, 6.07) is 16.7. The number of furan rings is 1. The second kappa shape index (κ2) is 8.09. The van der Waals surface area contributed by atoms with Crippen molar-refractivity contribution in [2.45, 2.75) is 20.0 Å². The standard InChI is InChI=1S/C21H16Cl2N2O3/c1-2-13-3-6-15(7-4-13)26-12-16-8-10-19(27-16)21-24-20(25-28-21)17-9-5-14(22)11-18(17)23/h3-11H,2,12H2,1H3. The molecule has 2 aromatic heterocycles. The van der Waals surface area contributed by atoms with Gasteiger partial charge in [-0.3, -0.25) is 0 Å². The van der Waals surface area contributed by atoms with Crippen molar-refractivity contribution in [3.05, 3.63) is 76.0 Å². The van der Waals surface area contributed by atoms with Crippen molar-refractivity contribution in [2.75, 3.05) is 0 Å². The van der Waals surface area contributed by atoms with Gasteiger partial charge < -0.3 is 13.7 Å². The number of rotatable bonds is 6. The van der Waals surface area contributed by atoms with Crippen LogP contribution in [-0.2, 0) is 13.0 Å². The van der Waals surface area contributed by atoms with Gasteiger partial charge in [0.05, 0.1) is 5.02 Å². The predicted octanol–water partition coefficient (Wildman–Crippen LogP) is 6.44. The van der Waals surface area contributed by atoms with E-state index in [9.17, 15) is 0 Å². The van der Waals surface area contributed by atoms with Crippen LogP contribution < -0.4 is 4.74 Å². The first-order valence-corrected chi connectivity index (χ1v) is 9.48. The van der Waals surface area contributed by atoms with Gasteiger partial charge in [0.2, 0.25) is 5.82 Å². The summed E-state index contributed by atoms with van der Waals surface area (Å²) in [4.78, 5) is 4.35. The van der Waals surface area contributed by atoms with E-state index in [0.717, 1.165) is 12.2 Å². The molecule has 4 rings (SSSR count). The van der Waals surface area contributed by atoms with Gasteiger partial charge >= 0.3 is 0 Å². The van der Waals surface area contributed by atoms with Crippen molar-refractivity contribution in [1.82, 2.24) is 10.1 Å². The van der Waals surface area contributed by atoms with Crippen LogP contribution in [0.25, 0.3) is 23.0 Å². The third-order valence-electron chi connectivity index (χ3n) is 4.18. The molecule has 0 atom stereocenters. The molecule has 0 saturated heterocycles. The Balaban J connectivity index is 1.46. The molecule has 0 fully saturated rings. The normalized spacial score (nSPS) is 11.0. The Morgan fingerprint density at radius 2 is 1.82 bits per heavy atom. The SMILES string of the molecule is CCc1ccc(OCc2ccc(-c3nc(-c4ccc(Cl)cc4Cl)no3)o2)cc1. The third-order valence-corrected chi connectivity index (χ3v) is 4.73. The van der Waals surface area contributed by atoms with Gasteiger partial charge in [0.1, 0.15) is 18.1 Å². The minimum atomic E-state index is 0.263. The van der Waals surface area contributed by atoms with E-state index < -0.39 is 0 Å². The lowest BCUT2D eigenvalue weighted by atomic mass is 10.2. The molecule has 0 saturated carbocycles. The van der Waals surface area contributed by atoms with Gasteiger partial charge in [0.15, 0.2) is 5.76 Å². The van der Waals surface area contributed by atoms with Crippen LogP contribution in [0.15, 0.2) is 63.5 Å². The second-order valence-corrected chi connectivity index (χ2v) is 6.94. The van der Waals surface area contributed by atoms with Crippen molar-refractivity contribution in [3.8, 4) is 28.8 Å². The average molecular weight is 415 g/mol. The number of ether oxygens (including phenoxy) is 1. The minimum absolute atomic E-state index is 0.263.